The second kappa shape index (κ2) is 9.23. The standard InChI is InChI=1S/C25H30N6O2/c1-2-4-21-20(3-1)26-24(27-21)17-31-23-6-5-19(16-29-7-11-32-12-8-29)15-22(23)28-25(31)18-30-9-13-33-14-10-30/h1-6,15H,7-14,16-18H2,(H,26,27). The molecule has 4 heterocycles. The van der Waals surface area contributed by atoms with Crippen LogP contribution in [0.3, 0.4) is 0 Å². The third-order valence-electron chi connectivity index (χ3n) is 6.62. The number of benzene rings is 2. The predicted molar refractivity (Wildman–Crippen MR) is 127 cm³/mol. The molecule has 0 bridgehead atoms. The fourth-order valence-electron chi connectivity index (χ4n) is 4.83. The number of aromatic amines is 1. The van der Waals surface area contributed by atoms with Gasteiger partial charge in [-0.3, -0.25) is 9.80 Å². The molecule has 0 radical (unpaired) electrons. The molecule has 1 N–H and O–H groups in total. The van der Waals surface area contributed by atoms with E-state index in [4.69, 9.17) is 19.4 Å². The first-order valence-electron chi connectivity index (χ1n) is 11.8. The molecule has 2 aromatic heterocycles. The van der Waals surface area contributed by atoms with E-state index in [-0.39, 0.29) is 0 Å². The number of rotatable bonds is 6. The van der Waals surface area contributed by atoms with E-state index in [1.54, 1.807) is 0 Å². The minimum atomic E-state index is 0.674. The molecule has 2 fully saturated rings. The number of aromatic nitrogens is 4. The van der Waals surface area contributed by atoms with Crippen LogP contribution < -0.4 is 0 Å². The Kier molecular flexibility index (Phi) is 5.82. The van der Waals surface area contributed by atoms with E-state index >= 15 is 0 Å². The van der Waals surface area contributed by atoms with Gasteiger partial charge < -0.3 is 19.0 Å². The third-order valence-corrected chi connectivity index (χ3v) is 6.62. The first-order chi connectivity index (χ1) is 16.3. The van der Waals surface area contributed by atoms with E-state index in [0.29, 0.717) is 6.54 Å². The van der Waals surface area contributed by atoms with Crippen LogP contribution >= 0.6 is 0 Å². The second-order valence-electron chi connectivity index (χ2n) is 8.91. The van der Waals surface area contributed by atoms with E-state index in [1.165, 1.54) is 5.56 Å². The van der Waals surface area contributed by atoms with Crippen molar-refractivity contribution < 1.29 is 9.47 Å². The minimum Gasteiger partial charge on any atom is -0.379 e. The highest BCUT2D eigenvalue weighted by molar-refractivity contribution is 5.77. The largest absolute Gasteiger partial charge is 0.379 e. The molecule has 8 nitrogen and oxygen atoms in total. The molecule has 0 saturated carbocycles. The van der Waals surface area contributed by atoms with Crippen molar-refractivity contribution in [3.63, 3.8) is 0 Å². The van der Waals surface area contributed by atoms with Crippen LogP contribution in [0.5, 0.6) is 0 Å². The molecule has 0 amide bonds. The third kappa shape index (κ3) is 4.52. The van der Waals surface area contributed by atoms with E-state index < -0.39 is 0 Å². The maximum absolute atomic E-state index is 5.55. The van der Waals surface area contributed by atoms with Crippen molar-refractivity contribution in [2.24, 2.45) is 0 Å². The molecule has 2 aliphatic heterocycles. The lowest BCUT2D eigenvalue weighted by Crippen LogP contribution is -2.36. The number of hydrogen-bond acceptors (Lipinski definition) is 6. The average Bonchev–Trinajstić information content (AvgIpc) is 3.41. The van der Waals surface area contributed by atoms with Crippen molar-refractivity contribution in [2.45, 2.75) is 19.6 Å². The number of imidazole rings is 2. The molecule has 0 atom stereocenters. The summed E-state index contributed by atoms with van der Waals surface area (Å²) in [7, 11) is 0. The summed E-state index contributed by atoms with van der Waals surface area (Å²) in [6.45, 7) is 9.49. The van der Waals surface area contributed by atoms with Crippen molar-refractivity contribution in [1.82, 2.24) is 29.3 Å². The fourth-order valence-corrected chi connectivity index (χ4v) is 4.83. The van der Waals surface area contributed by atoms with E-state index in [1.807, 2.05) is 18.2 Å². The molecule has 6 rings (SSSR count). The highest BCUT2D eigenvalue weighted by Gasteiger charge is 2.19. The number of H-pyrrole nitrogens is 1. The molecule has 0 aliphatic carbocycles. The highest BCUT2D eigenvalue weighted by atomic mass is 16.5. The molecule has 4 aromatic rings. The average molecular weight is 447 g/mol. The molecule has 172 valence electrons. The van der Waals surface area contributed by atoms with Gasteiger partial charge in [0, 0.05) is 32.7 Å². The van der Waals surface area contributed by atoms with Crippen LogP contribution in [0.2, 0.25) is 0 Å². The van der Waals surface area contributed by atoms with Crippen LogP contribution in [0.25, 0.3) is 22.1 Å². The van der Waals surface area contributed by atoms with Gasteiger partial charge in [0.1, 0.15) is 11.6 Å². The zero-order chi connectivity index (χ0) is 22.0. The first-order valence-corrected chi connectivity index (χ1v) is 11.8. The van der Waals surface area contributed by atoms with Crippen LogP contribution in [0.15, 0.2) is 42.5 Å². The Labute approximate surface area is 193 Å². The SMILES string of the molecule is c1ccc2[nH]c(Cn3c(CN4CCOCC4)nc4cc(CN5CCOCC5)ccc43)nc2c1. The van der Waals surface area contributed by atoms with Gasteiger partial charge in [0.05, 0.1) is 61.6 Å². The van der Waals surface area contributed by atoms with Crippen LogP contribution in [0.1, 0.15) is 17.2 Å². The second-order valence-corrected chi connectivity index (χ2v) is 8.91. The van der Waals surface area contributed by atoms with E-state index in [0.717, 1.165) is 99.4 Å². The molecule has 2 aliphatic rings. The van der Waals surface area contributed by atoms with Crippen molar-refractivity contribution in [1.29, 1.82) is 0 Å². The topological polar surface area (TPSA) is 71.4 Å². The van der Waals surface area contributed by atoms with Crippen LogP contribution in [0.4, 0.5) is 0 Å². The summed E-state index contributed by atoms with van der Waals surface area (Å²) in [6, 6.07) is 14.9. The van der Waals surface area contributed by atoms with Crippen molar-refractivity contribution in [3.8, 4) is 0 Å². The Balaban J connectivity index is 1.33. The summed E-state index contributed by atoms with van der Waals surface area (Å²) in [5.74, 6) is 2.03. The summed E-state index contributed by atoms with van der Waals surface area (Å²) < 4.78 is 13.4. The predicted octanol–water partition coefficient (Wildman–Crippen LogP) is 2.63. The summed E-state index contributed by atoms with van der Waals surface area (Å²) in [5, 5.41) is 0. The van der Waals surface area contributed by atoms with Gasteiger partial charge in [-0.2, -0.15) is 0 Å². The number of fused-ring (bicyclic) bond motifs is 2. The summed E-state index contributed by atoms with van der Waals surface area (Å²) in [5.41, 5.74) is 5.58. The Morgan fingerprint density at radius 2 is 1.48 bits per heavy atom. The lowest BCUT2D eigenvalue weighted by atomic mass is 10.2. The fraction of sp³-hybridized carbons (Fsp3) is 0.440. The van der Waals surface area contributed by atoms with Gasteiger partial charge in [-0.15, -0.1) is 0 Å². The number of hydrogen-bond donors (Lipinski definition) is 1. The highest BCUT2D eigenvalue weighted by Crippen LogP contribution is 2.22. The maximum atomic E-state index is 5.55. The van der Waals surface area contributed by atoms with Crippen molar-refractivity contribution in [2.75, 3.05) is 52.6 Å². The Hall–Kier alpha value is -2.78. The van der Waals surface area contributed by atoms with E-state index in [9.17, 15) is 0 Å². The number of nitrogens with one attached hydrogen (secondary N) is 1. The number of ether oxygens (including phenoxy) is 2. The Bertz CT molecular complexity index is 1200. The van der Waals surface area contributed by atoms with Gasteiger partial charge >= 0.3 is 0 Å². The first kappa shape index (κ1) is 20.8. The molecule has 0 unspecified atom stereocenters. The van der Waals surface area contributed by atoms with Gasteiger partial charge in [0.15, 0.2) is 0 Å². The monoisotopic (exact) mass is 446 g/mol. The molecule has 33 heavy (non-hydrogen) atoms. The zero-order valence-corrected chi connectivity index (χ0v) is 18.9. The van der Waals surface area contributed by atoms with Crippen LogP contribution in [0, 0.1) is 0 Å². The van der Waals surface area contributed by atoms with Gasteiger partial charge in [0.25, 0.3) is 0 Å². The molecule has 2 saturated heterocycles. The lowest BCUT2D eigenvalue weighted by molar-refractivity contribution is 0.0327. The summed E-state index contributed by atoms with van der Waals surface area (Å²) >= 11 is 0. The number of para-hydroxylation sites is 2. The van der Waals surface area contributed by atoms with Crippen LogP contribution in [-0.2, 0) is 29.1 Å². The van der Waals surface area contributed by atoms with Gasteiger partial charge in [-0.1, -0.05) is 18.2 Å². The summed E-state index contributed by atoms with van der Waals surface area (Å²) in [6.07, 6.45) is 0. The van der Waals surface area contributed by atoms with Gasteiger partial charge in [-0.25, -0.2) is 9.97 Å². The molecular formula is C25H30N6O2. The maximum Gasteiger partial charge on any atom is 0.127 e. The number of morpholine rings is 2. The Morgan fingerprint density at radius 1 is 0.758 bits per heavy atom. The molecule has 2 aromatic carbocycles. The van der Waals surface area contributed by atoms with E-state index in [2.05, 4.69) is 43.6 Å². The molecular weight excluding hydrogens is 416 g/mol. The van der Waals surface area contributed by atoms with Crippen molar-refractivity contribution in [3.05, 3.63) is 59.7 Å². The molecule has 8 heteroatoms. The zero-order valence-electron chi connectivity index (χ0n) is 18.9. The Morgan fingerprint density at radius 3 is 2.24 bits per heavy atom. The van der Waals surface area contributed by atoms with Gasteiger partial charge in [0.2, 0.25) is 0 Å². The normalized spacial score (nSPS) is 18.4. The smallest absolute Gasteiger partial charge is 0.127 e. The molecule has 0 spiro atoms. The van der Waals surface area contributed by atoms with Crippen LogP contribution in [-0.4, -0.2) is 81.9 Å². The van der Waals surface area contributed by atoms with Crippen molar-refractivity contribution >= 4 is 22.1 Å². The minimum absolute atomic E-state index is 0.674. The number of nitrogens with zero attached hydrogens (tertiary/aromatic N) is 5. The van der Waals surface area contributed by atoms with Gasteiger partial charge in [-0.05, 0) is 29.8 Å². The quantitative estimate of drug-likeness (QED) is 0.491. The summed E-state index contributed by atoms with van der Waals surface area (Å²) in [4.78, 5) is 18.3. The lowest BCUT2D eigenvalue weighted by Gasteiger charge is -2.26.